The van der Waals surface area contributed by atoms with Gasteiger partial charge in [0.2, 0.25) is 0 Å². The fourth-order valence-electron chi connectivity index (χ4n) is 3.28. The topological polar surface area (TPSA) is 58.6 Å². The van der Waals surface area contributed by atoms with Crippen molar-refractivity contribution in [2.45, 2.75) is 13.5 Å². The van der Waals surface area contributed by atoms with Crippen LogP contribution in [0.4, 0.5) is 11.4 Å². The van der Waals surface area contributed by atoms with Gasteiger partial charge in [-0.15, -0.1) is 0 Å². The van der Waals surface area contributed by atoms with Crippen molar-refractivity contribution in [3.05, 3.63) is 88.4 Å². The Kier molecular flexibility index (Phi) is 5.23. The van der Waals surface area contributed by atoms with Gasteiger partial charge in [-0.2, -0.15) is 0 Å². The molecule has 146 valence electrons. The highest BCUT2D eigenvalue weighted by Crippen LogP contribution is 2.36. The van der Waals surface area contributed by atoms with E-state index in [9.17, 15) is 9.59 Å². The van der Waals surface area contributed by atoms with Crippen molar-refractivity contribution < 1.29 is 14.3 Å². The third-order valence-corrected chi connectivity index (χ3v) is 5.20. The molecule has 6 heteroatoms. The molecular formula is C23H19ClN2O3. The number of nitrogens with zero attached hydrogens (tertiary/aromatic N) is 1. The second-order valence-corrected chi connectivity index (χ2v) is 7.22. The normalized spacial score (nSPS) is 12.9. The predicted octanol–water partition coefficient (Wildman–Crippen LogP) is 4.83. The minimum atomic E-state index is -0.205. The Hall–Kier alpha value is -3.31. The van der Waals surface area contributed by atoms with Crippen molar-refractivity contribution in [2.24, 2.45) is 0 Å². The number of anilines is 2. The van der Waals surface area contributed by atoms with Crippen molar-refractivity contribution in [3.63, 3.8) is 0 Å². The van der Waals surface area contributed by atoms with E-state index >= 15 is 0 Å². The molecule has 1 N–H and O–H groups in total. The van der Waals surface area contributed by atoms with Gasteiger partial charge in [0.25, 0.3) is 11.8 Å². The summed E-state index contributed by atoms with van der Waals surface area (Å²) in [6.07, 6.45) is 0. The van der Waals surface area contributed by atoms with Gasteiger partial charge in [0.05, 0.1) is 12.2 Å². The average Bonchev–Trinajstić information content (AvgIpc) is 2.72. The first kappa shape index (κ1) is 19.0. The number of hydrogen-bond donors (Lipinski definition) is 1. The van der Waals surface area contributed by atoms with Gasteiger partial charge in [0.15, 0.2) is 6.61 Å². The lowest BCUT2D eigenvalue weighted by molar-refractivity contribution is -0.121. The second kappa shape index (κ2) is 7.97. The fourth-order valence-corrected chi connectivity index (χ4v) is 3.47. The molecule has 4 rings (SSSR count). The van der Waals surface area contributed by atoms with E-state index in [1.165, 1.54) is 0 Å². The zero-order chi connectivity index (χ0) is 20.4. The minimum absolute atomic E-state index is 0.0353. The third kappa shape index (κ3) is 3.96. The molecule has 29 heavy (non-hydrogen) atoms. The number of fused-ring (bicyclic) bond motifs is 1. The lowest BCUT2D eigenvalue weighted by Crippen LogP contribution is -2.38. The van der Waals surface area contributed by atoms with Crippen LogP contribution in [0.3, 0.4) is 0 Å². The number of benzene rings is 3. The van der Waals surface area contributed by atoms with Gasteiger partial charge in [-0.25, -0.2) is 0 Å². The molecule has 0 atom stereocenters. The maximum absolute atomic E-state index is 12.6. The zero-order valence-corrected chi connectivity index (χ0v) is 16.6. The molecule has 1 aliphatic heterocycles. The molecule has 0 aliphatic carbocycles. The standard InChI is InChI=1S/C23H19ClN2O3/c1-15-6-2-4-8-18(15)23(28)25-17-10-11-21-20(12-17)26(22(27)14-29-21)13-16-7-3-5-9-19(16)24/h2-12H,13-14H2,1H3,(H,25,28). The number of hydrogen-bond acceptors (Lipinski definition) is 3. The van der Waals surface area contributed by atoms with Crippen LogP contribution in [0, 0.1) is 6.92 Å². The lowest BCUT2D eigenvalue weighted by Gasteiger charge is -2.30. The molecule has 3 aromatic rings. The van der Waals surface area contributed by atoms with Gasteiger partial charge in [0, 0.05) is 16.3 Å². The van der Waals surface area contributed by atoms with Gasteiger partial charge >= 0.3 is 0 Å². The Morgan fingerprint density at radius 3 is 2.66 bits per heavy atom. The van der Waals surface area contributed by atoms with Crippen LogP contribution in [0.15, 0.2) is 66.7 Å². The van der Waals surface area contributed by atoms with Crippen molar-refractivity contribution in [1.29, 1.82) is 0 Å². The van der Waals surface area contributed by atoms with E-state index in [1.807, 2.05) is 43.3 Å². The maximum Gasteiger partial charge on any atom is 0.265 e. The summed E-state index contributed by atoms with van der Waals surface area (Å²) in [4.78, 5) is 26.8. The van der Waals surface area contributed by atoms with Crippen LogP contribution in [0.5, 0.6) is 5.75 Å². The molecule has 0 saturated heterocycles. The largest absolute Gasteiger partial charge is 0.482 e. The Morgan fingerprint density at radius 2 is 1.86 bits per heavy atom. The van der Waals surface area contributed by atoms with E-state index in [0.29, 0.717) is 34.3 Å². The van der Waals surface area contributed by atoms with Crippen molar-refractivity contribution in [2.75, 3.05) is 16.8 Å². The molecule has 0 radical (unpaired) electrons. The molecule has 0 bridgehead atoms. The first-order valence-electron chi connectivity index (χ1n) is 9.20. The number of carbonyl (C=O) groups is 2. The quantitative estimate of drug-likeness (QED) is 0.675. The summed E-state index contributed by atoms with van der Waals surface area (Å²) in [5.41, 5.74) is 3.51. The number of carbonyl (C=O) groups excluding carboxylic acids is 2. The van der Waals surface area contributed by atoms with Gasteiger partial charge < -0.3 is 15.0 Å². The summed E-state index contributed by atoms with van der Waals surface area (Å²) >= 11 is 6.27. The summed E-state index contributed by atoms with van der Waals surface area (Å²) in [6.45, 7) is 2.18. The van der Waals surface area contributed by atoms with Gasteiger partial charge in [0.1, 0.15) is 5.75 Å². The molecule has 0 aromatic heterocycles. The number of aryl methyl sites for hydroxylation is 1. The maximum atomic E-state index is 12.6. The summed E-state index contributed by atoms with van der Waals surface area (Å²) in [7, 11) is 0. The highest BCUT2D eigenvalue weighted by atomic mass is 35.5. The van der Waals surface area contributed by atoms with E-state index in [1.54, 1.807) is 35.2 Å². The van der Waals surface area contributed by atoms with Crippen molar-refractivity contribution >= 4 is 34.8 Å². The third-order valence-electron chi connectivity index (χ3n) is 4.84. The SMILES string of the molecule is Cc1ccccc1C(=O)Nc1ccc2c(c1)N(Cc1ccccc1Cl)C(=O)CO2. The molecule has 0 fully saturated rings. The predicted molar refractivity (Wildman–Crippen MR) is 114 cm³/mol. The average molecular weight is 407 g/mol. The number of rotatable bonds is 4. The van der Waals surface area contributed by atoms with Crippen LogP contribution in [0.2, 0.25) is 5.02 Å². The molecule has 5 nitrogen and oxygen atoms in total. The minimum Gasteiger partial charge on any atom is -0.482 e. The van der Waals surface area contributed by atoms with E-state index in [2.05, 4.69) is 5.32 Å². The molecule has 0 saturated carbocycles. The summed E-state index contributed by atoms with van der Waals surface area (Å²) in [5.74, 6) is 0.217. The van der Waals surface area contributed by atoms with Crippen LogP contribution >= 0.6 is 11.6 Å². The Labute approximate surface area is 173 Å². The Balaban J connectivity index is 1.63. The van der Waals surface area contributed by atoms with E-state index in [4.69, 9.17) is 16.3 Å². The number of nitrogens with one attached hydrogen (secondary N) is 1. The highest BCUT2D eigenvalue weighted by Gasteiger charge is 2.26. The van der Waals surface area contributed by atoms with Gasteiger partial charge in [-0.3, -0.25) is 9.59 Å². The number of ether oxygens (including phenoxy) is 1. The van der Waals surface area contributed by atoms with Gasteiger partial charge in [-0.05, 0) is 48.4 Å². The molecular weight excluding hydrogens is 388 g/mol. The molecule has 1 aliphatic rings. The van der Waals surface area contributed by atoms with Gasteiger partial charge in [-0.1, -0.05) is 48.0 Å². The number of amides is 2. The molecule has 3 aromatic carbocycles. The molecule has 0 spiro atoms. The fraction of sp³-hybridized carbons (Fsp3) is 0.130. The van der Waals surface area contributed by atoms with Crippen LogP contribution in [0.25, 0.3) is 0 Å². The first-order chi connectivity index (χ1) is 14.0. The second-order valence-electron chi connectivity index (χ2n) is 6.81. The van der Waals surface area contributed by atoms with Crippen LogP contribution in [-0.4, -0.2) is 18.4 Å². The van der Waals surface area contributed by atoms with Crippen molar-refractivity contribution in [1.82, 2.24) is 0 Å². The van der Waals surface area contributed by atoms with E-state index in [0.717, 1.165) is 11.1 Å². The van der Waals surface area contributed by atoms with Crippen LogP contribution < -0.4 is 15.0 Å². The Morgan fingerprint density at radius 1 is 1.10 bits per heavy atom. The lowest BCUT2D eigenvalue weighted by atomic mass is 10.1. The van der Waals surface area contributed by atoms with Crippen LogP contribution in [0.1, 0.15) is 21.5 Å². The number of halogens is 1. The molecule has 2 amide bonds. The monoisotopic (exact) mass is 406 g/mol. The van der Waals surface area contributed by atoms with E-state index < -0.39 is 0 Å². The molecule has 1 heterocycles. The smallest absolute Gasteiger partial charge is 0.265 e. The highest BCUT2D eigenvalue weighted by molar-refractivity contribution is 6.31. The van der Waals surface area contributed by atoms with Crippen LogP contribution in [-0.2, 0) is 11.3 Å². The first-order valence-corrected chi connectivity index (χ1v) is 9.58. The summed E-state index contributed by atoms with van der Waals surface area (Å²) in [6, 6.07) is 20.1. The van der Waals surface area contributed by atoms with E-state index in [-0.39, 0.29) is 18.4 Å². The zero-order valence-electron chi connectivity index (χ0n) is 15.8. The summed E-state index contributed by atoms with van der Waals surface area (Å²) in [5, 5.41) is 3.50. The van der Waals surface area contributed by atoms with Crippen molar-refractivity contribution in [3.8, 4) is 5.75 Å². The Bertz CT molecular complexity index is 1100. The summed E-state index contributed by atoms with van der Waals surface area (Å²) < 4.78 is 5.56. The molecule has 0 unspecified atom stereocenters.